The number of nitrogens with one attached hydrogen (secondary N) is 3. The molecule has 0 aromatic heterocycles. The molecule has 0 fully saturated rings. The summed E-state index contributed by atoms with van der Waals surface area (Å²) in [6.45, 7) is 2.42. The Hall–Kier alpha value is -3.09. The first-order chi connectivity index (χ1) is 16.1. The van der Waals surface area contributed by atoms with Crippen LogP contribution in [0.3, 0.4) is 0 Å². The van der Waals surface area contributed by atoms with Gasteiger partial charge in [0.15, 0.2) is 0 Å². The van der Waals surface area contributed by atoms with E-state index in [0.29, 0.717) is 13.0 Å². The van der Waals surface area contributed by atoms with Gasteiger partial charge in [-0.05, 0) is 36.5 Å². The van der Waals surface area contributed by atoms with Crippen molar-refractivity contribution in [1.29, 1.82) is 0 Å². The molecule has 0 bridgehead atoms. The number of aryl methyl sites for hydroxylation is 2. The molecule has 0 aliphatic rings. The number of hydrogen-bond acceptors (Lipinski definition) is 4. The summed E-state index contributed by atoms with van der Waals surface area (Å²) in [5.74, 6) is 0.382. The van der Waals surface area contributed by atoms with Crippen molar-refractivity contribution >= 4 is 23.8 Å². The molecule has 3 aromatic rings. The number of carbonyl (C=O) groups is 2. The van der Waals surface area contributed by atoms with Crippen LogP contribution in [-0.2, 0) is 28.3 Å². The second-order valence-corrected chi connectivity index (χ2v) is 8.76. The van der Waals surface area contributed by atoms with Gasteiger partial charge < -0.3 is 10.6 Å². The zero-order valence-electron chi connectivity index (χ0n) is 18.9. The highest BCUT2D eigenvalue weighted by Gasteiger charge is 2.19. The summed E-state index contributed by atoms with van der Waals surface area (Å²) in [6, 6.07) is 27.8. The summed E-state index contributed by atoms with van der Waals surface area (Å²) in [4.78, 5) is 25.1. The van der Waals surface area contributed by atoms with Crippen molar-refractivity contribution in [3.8, 4) is 0 Å². The van der Waals surface area contributed by atoms with E-state index in [-0.39, 0.29) is 18.4 Å². The van der Waals surface area contributed by atoms with Crippen LogP contribution in [0.5, 0.6) is 0 Å². The molecule has 3 aromatic carbocycles. The fourth-order valence-electron chi connectivity index (χ4n) is 3.26. The molecular formula is C27H31N3O2S. The molecule has 0 aliphatic heterocycles. The SMILES string of the molecule is Cc1ccc(CNC(=O)CNC(=O)C(CCc2ccccc2)NSCc2ccccc2)cc1. The lowest BCUT2D eigenvalue weighted by Crippen LogP contribution is -2.45. The summed E-state index contributed by atoms with van der Waals surface area (Å²) in [7, 11) is 0. The van der Waals surface area contributed by atoms with Crippen LogP contribution in [0.2, 0.25) is 0 Å². The van der Waals surface area contributed by atoms with Gasteiger partial charge in [-0.1, -0.05) is 102 Å². The molecule has 0 aliphatic carbocycles. The molecule has 3 N–H and O–H groups in total. The van der Waals surface area contributed by atoms with E-state index in [2.05, 4.69) is 39.6 Å². The van der Waals surface area contributed by atoms with Crippen LogP contribution in [0.1, 0.15) is 28.7 Å². The highest BCUT2D eigenvalue weighted by atomic mass is 32.2. The van der Waals surface area contributed by atoms with Gasteiger partial charge in [0.25, 0.3) is 0 Å². The molecule has 6 heteroatoms. The van der Waals surface area contributed by atoms with Gasteiger partial charge in [0.1, 0.15) is 0 Å². The van der Waals surface area contributed by atoms with Gasteiger partial charge in [0, 0.05) is 12.3 Å². The van der Waals surface area contributed by atoms with Crippen LogP contribution >= 0.6 is 11.9 Å². The van der Waals surface area contributed by atoms with Crippen LogP contribution < -0.4 is 15.4 Å². The van der Waals surface area contributed by atoms with Crippen LogP contribution in [-0.4, -0.2) is 24.4 Å². The predicted octanol–water partition coefficient (Wildman–Crippen LogP) is 4.17. The number of benzene rings is 3. The van der Waals surface area contributed by atoms with Crippen molar-refractivity contribution in [2.24, 2.45) is 0 Å². The van der Waals surface area contributed by atoms with Gasteiger partial charge in [0.2, 0.25) is 11.8 Å². The van der Waals surface area contributed by atoms with Gasteiger partial charge in [-0.2, -0.15) is 0 Å². The molecule has 0 saturated carbocycles. The standard InChI is InChI=1S/C27H31N3O2S/c1-21-12-14-23(15-13-21)18-28-26(31)19-29-27(32)25(17-16-22-8-4-2-5-9-22)30-33-20-24-10-6-3-7-11-24/h2-15,25,30H,16-20H2,1H3,(H,28,31)(H,29,32). The lowest BCUT2D eigenvalue weighted by molar-refractivity contribution is -0.127. The average Bonchev–Trinajstić information content (AvgIpc) is 2.85. The Labute approximate surface area is 200 Å². The minimum absolute atomic E-state index is 0.0441. The summed E-state index contributed by atoms with van der Waals surface area (Å²) >= 11 is 1.51. The van der Waals surface area contributed by atoms with Crippen LogP contribution in [0.25, 0.3) is 0 Å². The molecule has 33 heavy (non-hydrogen) atoms. The summed E-state index contributed by atoms with van der Waals surface area (Å²) in [5, 5.41) is 5.64. The maximum atomic E-state index is 12.9. The van der Waals surface area contributed by atoms with E-state index in [4.69, 9.17) is 0 Å². The van der Waals surface area contributed by atoms with E-state index >= 15 is 0 Å². The topological polar surface area (TPSA) is 70.2 Å². The van der Waals surface area contributed by atoms with E-state index in [1.54, 1.807) is 0 Å². The largest absolute Gasteiger partial charge is 0.350 e. The number of hydrogen-bond donors (Lipinski definition) is 3. The monoisotopic (exact) mass is 461 g/mol. The Kier molecular flexibility index (Phi) is 10.0. The first-order valence-electron chi connectivity index (χ1n) is 11.2. The van der Waals surface area contributed by atoms with Crippen molar-refractivity contribution in [3.63, 3.8) is 0 Å². The van der Waals surface area contributed by atoms with Gasteiger partial charge >= 0.3 is 0 Å². The van der Waals surface area contributed by atoms with Crippen LogP contribution in [0.4, 0.5) is 0 Å². The number of amides is 2. The van der Waals surface area contributed by atoms with Gasteiger partial charge in [-0.15, -0.1) is 0 Å². The van der Waals surface area contributed by atoms with E-state index in [9.17, 15) is 9.59 Å². The van der Waals surface area contributed by atoms with Crippen LogP contribution in [0.15, 0.2) is 84.9 Å². The van der Waals surface area contributed by atoms with Gasteiger partial charge in [-0.3, -0.25) is 14.3 Å². The average molecular weight is 462 g/mol. The molecule has 3 rings (SSSR count). The molecule has 0 radical (unpaired) electrons. The third kappa shape index (κ3) is 9.12. The molecule has 0 spiro atoms. The maximum absolute atomic E-state index is 12.9. The second-order valence-electron chi connectivity index (χ2n) is 7.95. The van der Waals surface area contributed by atoms with Crippen LogP contribution in [0, 0.1) is 6.92 Å². The maximum Gasteiger partial charge on any atom is 0.239 e. The summed E-state index contributed by atoms with van der Waals surface area (Å²) in [5.41, 5.74) is 4.57. The lowest BCUT2D eigenvalue weighted by atomic mass is 10.1. The fraction of sp³-hybridized carbons (Fsp3) is 0.259. The Balaban J connectivity index is 1.48. The third-order valence-electron chi connectivity index (χ3n) is 5.22. The molecule has 0 saturated heterocycles. The number of rotatable bonds is 12. The Morgan fingerprint density at radius 2 is 1.42 bits per heavy atom. The summed E-state index contributed by atoms with van der Waals surface area (Å²) in [6.07, 6.45) is 1.42. The van der Waals surface area contributed by atoms with Crippen molar-refractivity contribution in [1.82, 2.24) is 15.4 Å². The predicted molar refractivity (Wildman–Crippen MR) is 135 cm³/mol. The second kappa shape index (κ2) is 13.5. The van der Waals surface area contributed by atoms with E-state index in [0.717, 1.165) is 17.7 Å². The molecule has 1 unspecified atom stereocenters. The van der Waals surface area contributed by atoms with Gasteiger partial charge in [0.05, 0.1) is 12.6 Å². The van der Waals surface area contributed by atoms with Crippen molar-refractivity contribution in [2.75, 3.05) is 6.54 Å². The first-order valence-corrected chi connectivity index (χ1v) is 12.1. The zero-order chi connectivity index (χ0) is 23.3. The molecule has 2 amide bonds. The van der Waals surface area contributed by atoms with E-state index < -0.39 is 6.04 Å². The van der Waals surface area contributed by atoms with E-state index in [1.165, 1.54) is 28.6 Å². The quantitative estimate of drug-likeness (QED) is 0.354. The minimum atomic E-state index is -0.399. The highest BCUT2D eigenvalue weighted by molar-refractivity contribution is 7.96. The number of carbonyl (C=O) groups excluding carboxylic acids is 2. The molecule has 172 valence electrons. The minimum Gasteiger partial charge on any atom is -0.350 e. The lowest BCUT2D eigenvalue weighted by Gasteiger charge is -2.18. The first kappa shape index (κ1) is 24.6. The fourth-order valence-corrected chi connectivity index (χ4v) is 4.13. The third-order valence-corrected chi connectivity index (χ3v) is 6.15. The Bertz CT molecular complexity index is 995. The normalized spacial score (nSPS) is 11.5. The zero-order valence-corrected chi connectivity index (χ0v) is 19.7. The molecule has 1 atom stereocenters. The molecular weight excluding hydrogens is 430 g/mol. The van der Waals surface area contributed by atoms with Gasteiger partial charge in [-0.25, -0.2) is 0 Å². The summed E-state index contributed by atoms with van der Waals surface area (Å²) < 4.78 is 3.30. The van der Waals surface area contributed by atoms with Crippen molar-refractivity contribution in [2.45, 2.75) is 38.1 Å². The molecule has 5 nitrogen and oxygen atoms in total. The Morgan fingerprint density at radius 3 is 2.09 bits per heavy atom. The highest BCUT2D eigenvalue weighted by Crippen LogP contribution is 2.12. The smallest absolute Gasteiger partial charge is 0.239 e. The van der Waals surface area contributed by atoms with Crippen molar-refractivity contribution in [3.05, 3.63) is 107 Å². The Morgan fingerprint density at radius 1 is 0.788 bits per heavy atom. The van der Waals surface area contributed by atoms with E-state index in [1.807, 2.05) is 67.6 Å². The molecule has 0 heterocycles. The van der Waals surface area contributed by atoms with Crippen molar-refractivity contribution < 1.29 is 9.59 Å².